The first-order valence-corrected chi connectivity index (χ1v) is 5.71. The Morgan fingerprint density at radius 1 is 1.59 bits per heavy atom. The van der Waals surface area contributed by atoms with E-state index >= 15 is 0 Å². The SMILES string of the molecule is C=C(C)C(=O)OCC1=COC(C)(CC(C)C)O1. The van der Waals surface area contributed by atoms with E-state index in [0.717, 1.165) is 6.42 Å². The molecule has 0 bridgehead atoms. The zero-order chi connectivity index (χ0) is 13.1. The van der Waals surface area contributed by atoms with E-state index in [1.54, 1.807) is 6.92 Å². The summed E-state index contributed by atoms with van der Waals surface area (Å²) in [4.78, 5) is 11.2. The maximum Gasteiger partial charge on any atom is 0.333 e. The highest BCUT2D eigenvalue weighted by molar-refractivity contribution is 5.87. The van der Waals surface area contributed by atoms with E-state index in [1.807, 2.05) is 6.92 Å². The summed E-state index contributed by atoms with van der Waals surface area (Å²) in [5.41, 5.74) is 0.370. The molecule has 17 heavy (non-hydrogen) atoms. The number of rotatable bonds is 5. The van der Waals surface area contributed by atoms with E-state index in [2.05, 4.69) is 20.4 Å². The van der Waals surface area contributed by atoms with Gasteiger partial charge in [0, 0.05) is 18.9 Å². The van der Waals surface area contributed by atoms with Crippen LogP contribution in [0.15, 0.2) is 24.2 Å². The Labute approximate surface area is 102 Å². The maximum atomic E-state index is 11.2. The third kappa shape index (κ3) is 4.13. The second kappa shape index (κ2) is 5.25. The molecule has 0 N–H and O–H groups in total. The summed E-state index contributed by atoms with van der Waals surface area (Å²) in [5.74, 6) is -0.0699. The van der Waals surface area contributed by atoms with Gasteiger partial charge in [-0.2, -0.15) is 0 Å². The van der Waals surface area contributed by atoms with Gasteiger partial charge in [0.05, 0.1) is 0 Å². The largest absolute Gasteiger partial charge is 0.457 e. The Kier molecular flexibility index (Phi) is 4.21. The van der Waals surface area contributed by atoms with Gasteiger partial charge in [0.25, 0.3) is 0 Å². The zero-order valence-corrected chi connectivity index (χ0v) is 10.9. The van der Waals surface area contributed by atoms with Gasteiger partial charge in [0.2, 0.25) is 5.79 Å². The van der Waals surface area contributed by atoms with E-state index in [1.165, 1.54) is 6.26 Å². The monoisotopic (exact) mass is 240 g/mol. The lowest BCUT2D eigenvalue weighted by atomic mass is 10.0. The average molecular weight is 240 g/mol. The summed E-state index contributed by atoms with van der Waals surface area (Å²) >= 11 is 0. The van der Waals surface area contributed by atoms with Crippen molar-refractivity contribution >= 4 is 5.97 Å². The first-order chi connectivity index (χ1) is 7.82. The van der Waals surface area contributed by atoms with Gasteiger partial charge >= 0.3 is 5.97 Å². The molecule has 1 heterocycles. The van der Waals surface area contributed by atoms with Crippen molar-refractivity contribution < 1.29 is 19.0 Å². The number of esters is 1. The van der Waals surface area contributed by atoms with Gasteiger partial charge in [-0.1, -0.05) is 20.4 Å². The first-order valence-electron chi connectivity index (χ1n) is 5.71. The van der Waals surface area contributed by atoms with Crippen molar-refractivity contribution in [1.29, 1.82) is 0 Å². The number of hydrogen-bond acceptors (Lipinski definition) is 4. The molecule has 1 aliphatic heterocycles. The highest BCUT2D eigenvalue weighted by atomic mass is 16.7. The molecule has 1 aliphatic rings. The number of hydrogen-bond donors (Lipinski definition) is 0. The van der Waals surface area contributed by atoms with Crippen LogP contribution in [0.25, 0.3) is 0 Å². The molecule has 0 aromatic heterocycles. The zero-order valence-electron chi connectivity index (χ0n) is 10.9. The molecule has 0 radical (unpaired) electrons. The first kappa shape index (κ1) is 13.6. The average Bonchev–Trinajstić information content (AvgIpc) is 2.55. The molecule has 0 amide bonds. The van der Waals surface area contributed by atoms with Crippen LogP contribution in [0, 0.1) is 5.92 Å². The molecule has 0 aromatic carbocycles. The molecule has 0 aromatic rings. The van der Waals surface area contributed by atoms with Gasteiger partial charge in [0.1, 0.15) is 6.26 Å². The van der Waals surface area contributed by atoms with Crippen LogP contribution in [-0.4, -0.2) is 18.4 Å². The van der Waals surface area contributed by atoms with E-state index < -0.39 is 11.8 Å². The Morgan fingerprint density at radius 3 is 2.76 bits per heavy atom. The lowest BCUT2D eigenvalue weighted by Crippen LogP contribution is -2.28. The lowest BCUT2D eigenvalue weighted by molar-refractivity contribution is -0.154. The summed E-state index contributed by atoms with van der Waals surface area (Å²) in [5, 5.41) is 0. The third-order valence-electron chi connectivity index (χ3n) is 2.26. The minimum atomic E-state index is -0.640. The van der Waals surface area contributed by atoms with Crippen molar-refractivity contribution in [2.45, 2.75) is 39.9 Å². The topological polar surface area (TPSA) is 44.8 Å². The van der Waals surface area contributed by atoms with Gasteiger partial charge in [0.15, 0.2) is 12.4 Å². The molecule has 4 heteroatoms. The molecule has 0 saturated heterocycles. The van der Waals surface area contributed by atoms with Crippen molar-refractivity contribution in [2.24, 2.45) is 5.92 Å². The Morgan fingerprint density at radius 2 is 2.24 bits per heavy atom. The quantitative estimate of drug-likeness (QED) is 0.547. The van der Waals surface area contributed by atoms with Crippen molar-refractivity contribution in [3.8, 4) is 0 Å². The fourth-order valence-corrected chi connectivity index (χ4v) is 1.67. The van der Waals surface area contributed by atoms with Crippen molar-refractivity contribution in [3.63, 3.8) is 0 Å². The highest BCUT2D eigenvalue weighted by Crippen LogP contribution is 2.31. The predicted octanol–water partition coefficient (Wildman–Crippen LogP) is 2.76. The van der Waals surface area contributed by atoms with Gasteiger partial charge in [-0.05, 0) is 12.8 Å². The molecule has 1 unspecified atom stereocenters. The van der Waals surface area contributed by atoms with Crippen molar-refractivity contribution in [1.82, 2.24) is 0 Å². The molecular formula is C13H20O4. The van der Waals surface area contributed by atoms with Crippen LogP contribution in [0.1, 0.15) is 34.1 Å². The second-order valence-electron chi connectivity index (χ2n) is 4.89. The summed E-state index contributed by atoms with van der Waals surface area (Å²) in [7, 11) is 0. The molecule has 96 valence electrons. The molecule has 0 saturated carbocycles. The predicted molar refractivity (Wildman–Crippen MR) is 63.9 cm³/mol. The summed E-state index contributed by atoms with van der Waals surface area (Å²) in [6.07, 6.45) is 2.29. The second-order valence-corrected chi connectivity index (χ2v) is 4.89. The van der Waals surface area contributed by atoms with Crippen molar-refractivity contribution in [2.75, 3.05) is 6.61 Å². The van der Waals surface area contributed by atoms with E-state index in [4.69, 9.17) is 14.2 Å². The molecule has 1 rings (SSSR count). The fraction of sp³-hybridized carbons (Fsp3) is 0.615. The van der Waals surface area contributed by atoms with Crippen LogP contribution >= 0.6 is 0 Å². The van der Waals surface area contributed by atoms with Crippen LogP contribution in [0.4, 0.5) is 0 Å². The fourth-order valence-electron chi connectivity index (χ4n) is 1.67. The standard InChI is InChI=1S/C13H20O4/c1-9(2)6-13(5)16-8-11(17-13)7-15-12(14)10(3)4/h8-9H,3,6-7H2,1-2,4-5H3. The lowest BCUT2D eigenvalue weighted by Gasteiger charge is -2.25. The van der Waals surface area contributed by atoms with Crippen LogP contribution in [0.3, 0.4) is 0 Å². The van der Waals surface area contributed by atoms with E-state index in [-0.39, 0.29) is 6.61 Å². The number of carbonyl (C=O) groups excluding carboxylic acids is 1. The summed E-state index contributed by atoms with van der Waals surface area (Å²) in [6.45, 7) is 11.2. The van der Waals surface area contributed by atoms with E-state index in [0.29, 0.717) is 17.3 Å². The van der Waals surface area contributed by atoms with Gasteiger partial charge in [-0.3, -0.25) is 0 Å². The molecular weight excluding hydrogens is 220 g/mol. The Balaban J connectivity index is 2.40. The summed E-state index contributed by atoms with van der Waals surface area (Å²) < 4.78 is 16.1. The van der Waals surface area contributed by atoms with Crippen LogP contribution in [0.2, 0.25) is 0 Å². The third-order valence-corrected chi connectivity index (χ3v) is 2.26. The molecule has 0 spiro atoms. The number of ether oxygens (including phenoxy) is 3. The maximum absolute atomic E-state index is 11.2. The Hall–Kier alpha value is -1.45. The normalized spacial score (nSPS) is 22.8. The van der Waals surface area contributed by atoms with Gasteiger partial charge in [-0.25, -0.2) is 4.79 Å². The van der Waals surface area contributed by atoms with Gasteiger partial charge in [-0.15, -0.1) is 0 Å². The van der Waals surface area contributed by atoms with Crippen LogP contribution in [0.5, 0.6) is 0 Å². The minimum Gasteiger partial charge on any atom is -0.457 e. The van der Waals surface area contributed by atoms with Crippen LogP contribution < -0.4 is 0 Å². The Bertz CT molecular complexity index is 343. The molecule has 0 fully saturated rings. The molecule has 0 aliphatic carbocycles. The highest BCUT2D eigenvalue weighted by Gasteiger charge is 2.34. The molecule has 4 nitrogen and oxygen atoms in total. The summed E-state index contributed by atoms with van der Waals surface area (Å²) in [6, 6.07) is 0. The van der Waals surface area contributed by atoms with Gasteiger partial charge < -0.3 is 14.2 Å². The smallest absolute Gasteiger partial charge is 0.333 e. The number of carbonyl (C=O) groups is 1. The molecule has 1 atom stereocenters. The minimum absolute atomic E-state index is 0.0827. The van der Waals surface area contributed by atoms with Crippen LogP contribution in [-0.2, 0) is 19.0 Å². The van der Waals surface area contributed by atoms with Crippen molar-refractivity contribution in [3.05, 3.63) is 24.2 Å². The van der Waals surface area contributed by atoms with E-state index in [9.17, 15) is 4.79 Å².